The number of nitrogens with zero attached hydrogens (tertiary/aromatic N) is 1. The van der Waals surface area contributed by atoms with Crippen molar-refractivity contribution in [2.45, 2.75) is 19.9 Å². The number of phenols is 1. The SMILES string of the molecule is C=CCN1C(=O)c2oc3cc(C)cc(C)c3c(=O)c2C1c1cc(Br)c(O)c(OC)c1. The third kappa shape index (κ3) is 2.92. The van der Waals surface area contributed by atoms with E-state index in [-0.39, 0.29) is 40.7 Å². The maximum atomic E-state index is 13.6. The van der Waals surface area contributed by atoms with Crippen LogP contribution in [0.3, 0.4) is 0 Å². The lowest BCUT2D eigenvalue weighted by Gasteiger charge is -2.24. The molecule has 2 heterocycles. The van der Waals surface area contributed by atoms with Crippen LogP contribution in [0.4, 0.5) is 0 Å². The number of hydrogen-bond acceptors (Lipinski definition) is 5. The zero-order valence-electron chi connectivity index (χ0n) is 16.8. The number of aromatic hydroxyl groups is 1. The third-order valence-electron chi connectivity index (χ3n) is 5.32. The smallest absolute Gasteiger partial charge is 0.291 e. The molecule has 1 amide bonds. The second-order valence-corrected chi connectivity index (χ2v) is 8.19. The molecule has 0 radical (unpaired) electrons. The quantitative estimate of drug-likeness (QED) is 0.563. The number of phenolic OH excluding ortho intramolecular Hbond substituents is 1. The summed E-state index contributed by atoms with van der Waals surface area (Å²) in [5.74, 6) is -0.169. The Morgan fingerprint density at radius 3 is 2.67 bits per heavy atom. The molecule has 1 unspecified atom stereocenters. The lowest BCUT2D eigenvalue weighted by molar-refractivity contribution is 0.0748. The highest BCUT2D eigenvalue weighted by Gasteiger charge is 2.42. The average molecular weight is 470 g/mol. The van der Waals surface area contributed by atoms with Crippen molar-refractivity contribution in [2.75, 3.05) is 13.7 Å². The van der Waals surface area contributed by atoms with Crippen LogP contribution in [0.5, 0.6) is 11.5 Å². The monoisotopic (exact) mass is 469 g/mol. The van der Waals surface area contributed by atoms with Crippen molar-refractivity contribution < 1.29 is 19.1 Å². The molecule has 6 nitrogen and oxygen atoms in total. The van der Waals surface area contributed by atoms with Crippen LogP contribution in [0.1, 0.15) is 38.9 Å². The van der Waals surface area contributed by atoms with Gasteiger partial charge in [0.2, 0.25) is 5.76 Å². The van der Waals surface area contributed by atoms with Gasteiger partial charge in [-0.05, 0) is 64.7 Å². The lowest BCUT2D eigenvalue weighted by atomic mass is 9.96. The standard InChI is InChI=1S/C23H20BrNO5/c1-5-6-25-19(13-9-14(24)20(26)16(10-13)29-4)18-21(27)17-12(3)7-11(2)8-15(17)30-22(18)23(25)28/h5,7-10,19,26H,1,6H2,2-4H3. The number of benzene rings is 2. The van der Waals surface area contributed by atoms with Gasteiger partial charge >= 0.3 is 0 Å². The maximum absolute atomic E-state index is 13.6. The number of hydrogen-bond donors (Lipinski definition) is 1. The third-order valence-corrected chi connectivity index (χ3v) is 5.93. The number of methoxy groups -OCH3 is 1. The molecule has 1 atom stereocenters. The van der Waals surface area contributed by atoms with Crippen molar-refractivity contribution in [1.29, 1.82) is 0 Å². The fourth-order valence-corrected chi connectivity index (χ4v) is 4.55. The van der Waals surface area contributed by atoms with Gasteiger partial charge in [0.25, 0.3) is 5.91 Å². The van der Waals surface area contributed by atoms with Crippen LogP contribution in [-0.2, 0) is 0 Å². The van der Waals surface area contributed by atoms with Crippen LogP contribution >= 0.6 is 15.9 Å². The highest BCUT2D eigenvalue weighted by atomic mass is 79.9. The highest BCUT2D eigenvalue weighted by Crippen LogP contribution is 2.43. The first-order valence-electron chi connectivity index (χ1n) is 9.34. The van der Waals surface area contributed by atoms with Crippen LogP contribution in [0.15, 0.2) is 50.6 Å². The van der Waals surface area contributed by atoms with Crippen molar-refractivity contribution in [1.82, 2.24) is 4.90 Å². The maximum Gasteiger partial charge on any atom is 0.291 e. The minimum Gasteiger partial charge on any atom is -0.503 e. The van der Waals surface area contributed by atoms with Crippen molar-refractivity contribution in [3.63, 3.8) is 0 Å². The van der Waals surface area contributed by atoms with Gasteiger partial charge in [-0.25, -0.2) is 0 Å². The van der Waals surface area contributed by atoms with E-state index in [2.05, 4.69) is 22.5 Å². The van der Waals surface area contributed by atoms with E-state index in [1.165, 1.54) is 12.0 Å². The lowest BCUT2D eigenvalue weighted by Crippen LogP contribution is -2.29. The molecular weight excluding hydrogens is 450 g/mol. The topological polar surface area (TPSA) is 80.0 Å². The van der Waals surface area contributed by atoms with Gasteiger partial charge in [0.1, 0.15) is 5.58 Å². The van der Waals surface area contributed by atoms with E-state index in [4.69, 9.17) is 9.15 Å². The summed E-state index contributed by atoms with van der Waals surface area (Å²) in [6.07, 6.45) is 1.60. The van der Waals surface area contributed by atoms with Crippen LogP contribution in [0.25, 0.3) is 11.0 Å². The Hall–Kier alpha value is -3.06. The fraction of sp³-hybridized carbons (Fsp3) is 0.217. The molecule has 154 valence electrons. The second-order valence-electron chi connectivity index (χ2n) is 7.33. The summed E-state index contributed by atoms with van der Waals surface area (Å²) in [6, 6.07) is 6.28. The van der Waals surface area contributed by atoms with Gasteiger partial charge in [-0.2, -0.15) is 0 Å². The number of aryl methyl sites for hydroxylation is 2. The highest BCUT2D eigenvalue weighted by molar-refractivity contribution is 9.10. The minimum absolute atomic E-state index is 0.0347. The summed E-state index contributed by atoms with van der Waals surface area (Å²) < 4.78 is 11.6. The first kappa shape index (κ1) is 20.2. The van der Waals surface area contributed by atoms with Gasteiger partial charge in [0.05, 0.1) is 28.6 Å². The molecule has 4 rings (SSSR count). The number of carbonyl (C=O) groups excluding carboxylic acids is 1. The molecule has 1 aliphatic rings. The number of ether oxygens (including phenoxy) is 1. The molecule has 0 aliphatic carbocycles. The largest absolute Gasteiger partial charge is 0.503 e. The van der Waals surface area contributed by atoms with Gasteiger partial charge in [-0.15, -0.1) is 6.58 Å². The predicted molar refractivity (Wildman–Crippen MR) is 117 cm³/mol. The van der Waals surface area contributed by atoms with Gasteiger partial charge in [0, 0.05) is 6.54 Å². The molecule has 1 aromatic heterocycles. The van der Waals surface area contributed by atoms with E-state index in [9.17, 15) is 14.7 Å². The zero-order chi connectivity index (χ0) is 21.7. The number of rotatable bonds is 4. The summed E-state index contributed by atoms with van der Waals surface area (Å²) in [5, 5.41) is 10.7. The summed E-state index contributed by atoms with van der Waals surface area (Å²) in [4.78, 5) is 28.3. The van der Waals surface area contributed by atoms with E-state index in [0.717, 1.165) is 11.1 Å². The molecular formula is C23H20BrNO5. The summed E-state index contributed by atoms with van der Waals surface area (Å²) >= 11 is 3.32. The Balaban J connectivity index is 2.07. The molecule has 0 fully saturated rings. The second kappa shape index (κ2) is 7.32. The molecule has 0 spiro atoms. The number of halogens is 1. The first-order chi connectivity index (χ1) is 14.3. The molecule has 1 N–H and O–H groups in total. The summed E-state index contributed by atoms with van der Waals surface area (Å²) in [7, 11) is 1.44. The minimum atomic E-state index is -0.697. The van der Waals surface area contributed by atoms with E-state index in [1.807, 2.05) is 19.9 Å². The van der Waals surface area contributed by atoms with Crippen molar-refractivity contribution >= 4 is 32.8 Å². The van der Waals surface area contributed by atoms with E-state index < -0.39 is 6.04 Å². The molecule has 0 saturated carbocycles. The van der Waals surface area contributed by atoms with Crippen LogP contribution in [0, 0.1) is 13.8 Å². The van der Waals surface area contributed by atoms with Gasteiger partial charge in [-0.1, -0.05) is 12.1 Å². The molecule has 2 aromatic carbocycles. The Labute approximate surface area is 181 Å². The number of carbonyl (C=O) groups is 1. The Bertz CT molecular complexity index is 1280. The van der Waals surface area contributed by atoms with Crippen LogP contribution in [0.2, 0.25) is 0 Å². The predicted octanol–water partition coefficient (Wildman–Crippen LogP) is 4.62. The molecule has 3 aromatic rings. The van der Waals surface area contributed by atoms with Gasteiger partial charge in [-0.3, -0.25) is 9.59 Å². The normalized spacial score (nSPS) is 15.5. The van der Waals surface area contributed by atoms with Crippen LogP contribution in [-0.4, -0.2) is 29.6 Å². The van der Waals surface area contributed by atoms with E-state index in [0.29, 0.717) is 21.0 Å². The molecule has 0 saturated heterocycles. The van der Waals surface area contributed by atoms with Crippen molar-refractivity contribution in [3.8, 4) is 11.5 Å². The van der Waals surface area contributed by atoms with Crippen molar-refractivity contribution in [2.24, 2.45) is 0 Å². The Morgan fingerprint density at radius 2 is 2.00 bits per heavy atom. The van der Waals surface area contributed by atoms with Gasteiger partial charge in [0.15, 0.2) is 16.9 Å². The zero-order valence-corrected chi connectivity index (χ0v) is 18.4. The number of fused-ring (bicyclic) bond motifs is 2. The average Bonchev–Trinajstić information content (AvgIpc) is 2.96. The summed E-state index contributed by atoms with van der Waals surface area (Å²) in [6.45, 7) is 7.73. The summed E-state index contributed by atoms with van der Waals surface area (Å²) in [5.41, 5.74) is 2.78. The van der Waals surface area contributed by atoms with E-state index >= 15 is 0 Å². The fourth-order valence-electron chi connectivity index (χ4n) is 4.09. The molecule has 7 heteroatoms. The molecule has 1 aliphatic heterocycles. The Morgan fingerprint density at radius 1 is 1.27 bits per heavy atom. The van der Waals surface area contributed by atoms with E-state index in [1.54, 1.807) is 24.3 Å². The Kier molecular flexibility index (Phi) is 4.94. The van der Waals surface area contributed by atoms with Crippen molar-refractivity contribution in [3.05, 3.63) is 79.6 Å². The van der Waals surface area contributed by atoms with Crippen LogP contribution < -0.4 is 10.2 Å². The molecule has 0 bridgehead atoms. The van der Waals surface area contributed by atoms with Gasteiger partial charge < -0.3 is 19.2 Å². The first-order valence-corrected chi connectivity index (χ1v) is 10.1. The molecule has 30 heavy (non-hydrogen) atoms. The number of amides is 1.